The van der Waals surface area contributed by atoms with E-state index in [1.807, 2.05) is 73.1 Å². The first-order valence-electron chi connectivity index (χ1n) is 9.35. The maximum absolute atomic E-state index is 12.1. The van der Waals surface area contributed by atoms with Crippen molar-refractivity contribution in [2.45, 2.75) is 33.4 Å². The Morgan fingerprint density at radius 3 is 2.34 bits per heavy atom. The van der Waals surface area contributed by atoms with E-state index in [1.54, 1.807) is 0 Å². The largest absolute Gasteiger partial charge is 0.481 e. The average molecular weight is 392 g/mol. The minimum Gasteiger partial charge on any atom is -0.481 e. The molecule has 0 saturated carbocycles. The molecule has 150 valence electrons. The van der Waals surface area contributed by atoms with E-state index in [-0.39, 0.29) is 12.5 Å². The van der Waals surface area contributed by atoms with E-state index < -0.39 is 5.97 Å². The monoisotopic (exact) mass is 392 g/mol. The second-order valence-corrected chi connectivity index (χ2v) is 6.87. The Bertz CT molecular complexity index is 995. The minimum absolute atomic E-state index is 0.0291. The molecule has 0 atom stereocenters. The maximum Gasteiger partial charge on any atom is 0.319 e. The highest BCUT2D eigenvalue weighted by atomic mass is 16.4. The van der Waals surface area contributed by atoms with Crippen molar-refractivity contribution in [1.82, 2.24) is 15.1 Å². The van der Waals surface area contributed by atoms with Crippen LogP contribution in [0.4, 0.5) is 10.5 Å². The molecule has 3 rings (SSSR count). The zero-order valence-corrected chi connectivity index (χ0v) is 16.5. The molecule has 1 aromatic heterocycles. The quantitative estimate of drug-likeness (QED) is 0.573. The summed E-state index contributed by atoms with van der Waals surface area (Å²) in [6, 6.07) is 16.9. The smallest absolute Gasteiger partial charge is 0.319 e. The van der Waals surface area contributed by atoms with Gasteiger partial charge < -0.3 is 15.7 Å². The van der Waals surface area contributed by atoms with Crippen molar-refractivity contribution in [3.8, 4) is 0 Å². The third-order valence-electron chi connectivity index (χ3n) is 4.70. The SMILES string of the molecule is Cc1nn(Cc2ccc(NC(=O)NCc3ccccc3)cc2)c(C)c1CC(=O)O. The van der Waals surface area contributed by atoms with Gasteiger partial charge in [0.05, 0.1) is 18.7 Å². The topological polar surface area (TPSA) is 96.3 Å². The van der Waals surface area contributed by atoms with Gasteiger partial charge in [-0.1, -0.05) is 42.5 Å². The lowest BCUT2D eigenvalue weighted by Gasteiger charge is -2.09. The van der Waals surface area contributed by atoms with Crippen LogP contribution >= 0.6 is 0 Å². The molecular formula is C22H24N4O3. The van der Waals surface area contributed by atoms with Gasteiger partial charge in [0.25, 0.3) is 0 Å². The molecule has 0 saturated heterocycles. The molecule has 1 heterocycles. The molecule has 0 aliphatic heterocycles. The highest BCUT2D eigenvalue weighted by Crippen LogP contribution is 2.17. The number of hydrogen-bond donors (Lipinski definition) is 3. The molecule has 7 heteroatoms. The highest BCUT2D eigenvalue weighted by Gasteiger charge is 2.14. The summed E-state index contributed by atoms with van der Waals surface area (Å²) in [4.78, 5) is 23.1. The van der Waals surface area contributed by atoms with E-state index in [4.69, 9.17) is 5.11 Å². The molecule has 3 aromatic rings. The fourth-order valence-corrected chi connectivity index (χ4v) is 3.11. The third kappa shape index (κ3) is 5.44. The summed E-state index contributed by atoms with van der Waals surface area (Å²) in [5, 5.41) is 19.1. The van der Waals surface area contributed by atoms with Crippen molar-refractivity contribution in [2.75, 3.05) is 5.32 Å². The number of aromatic nitrogens is 2. The van der Waals surface area contributed by atoms with Crippen LogP contribution in [-0.2, 0) is 24.3 Å². The van der Waals surface area contributed by atoms with E-state index in [0.717, 1.165) is 28.1 Å². The van der Waals surface area contributed by atoms with Gasteiger partial charge in [0.15, 0.2) is 0 Å². The van der Waals surface area contributed by atoms with E-state index in [9.17, 15) is 9.59 Å². The molecule has 2 aromatic carbocycles. The number of hydrogen-bond acceptors (Lipinski definition) is 3. The van der Waals surface area contributed by atoms with E-state index in [1.165, 1.54) is 0 Å². The number of carboxylic acids is 1. The van der Waals surface area contributed by atoms with Gasteiger partial charge in [0, 0.05) is 23.5 Å². The highest BCUT2D eigenvalue weighted by molar-refractivity contribution is 5.89. The van der Waals surface area contributed by atoms with Gasteiger partial charge in [0.1, 0.15) is 0 Å². The van der Waals surface area contributed by atoms with Crippen LogP contribution in [0.15, 0.2) is 54.6 Å². The summed E-state index contributed by atoms with van der Waals surface area (Å²) < 4.78 is 1.81. The number of nitrogens with one attached hydrogen (secondary N) is 2. The van der Waals surface area contributed by atoms with Gasteiger partial charge in [-0.2, -0.15) is 5.10 Å². The van der Waals surface area contributed by atoms with Crippen LogP contribution in [0.5, 0.6) is 0 Å². The predicted octanol–water partition coefficient (Wildman–Crippen LogP) is 3.50. The Labute approximate surface area is 169 Å². The standard InChI is InChI=1S/C22H24N4O3/c1-15-20(12-21(27)28)16(2)26(25-15)14-18-8-10-19(11-9-18)24-22(29)23-13-17-6-4-3-5-7-17/h3-11H,12-14H2,1-2H3,(H,27,28)(H2,23,24,29). The van der Waals surface area contributed by atoms with E-state index >= 15 is 0 Å². The number of benzene rings is 2. The maximum atomic E-state index is 12.1. The number of carboxylic acid groups (broad SMARTS) is 1. The number of rotatable bonds is 7. The first kappa shape index (κ1) is 20.1. The summed E-state index contributed by atoms with van der Waals surface area (Å²) >= 11 is 0. The molecule has 29 heavy (non-hydrogen) atoms. The molecule has 0 spiro atoms. The number of amides is 2. The fraction of sp³-hybridized carbons (Fsp3) is 0.227. The van der Waals surface area contributed by atoms with Crippen molar-refractivity contribution in [3.05, 3.63) is 82.7 Å². The lowest BCUT2D eigenvalue weighted by Crippen LogP contribution is -2.28. The number of nitrogens with zero attached hydrogens (tertiary/aromatic N) is 2. The zero-order chi connectivity index (χ0) is 20.8. The molecule has 0 radical (unpaired) electrons. The van der Waals surface area contributed by atoms with Gasteiger partial charge in [0.2, 0.25) is 0 Å². The molecule has 0 aliphatic rings. The summed E-state index contributed by atoms with van der Waals surface area (Å²) in [5.41, 5.74) is 5.08. The van der Waals surface area contributed by atoms with Crippen LogP contribution in [0, 0.1) is 13.8 Å². The lowest BCUT2D eigenvalue weighted by atomic mass is 10.1. The fourth-order valence-electron chi connectivity index (χ4n) is 3.11. The van der Waals surface area contributed by atoms with Crippen LogP contribution < -0.4 is 10.6 Å². The Balaban J connectivity index is 1.57. The number of anilines is 1. The first-order chi connectivity index (χ1) is 13.9. The molecule has 0 aliphatic carbocycles. The van der Waals surface area contributed by atoms with Gasteiger partial charge in [-0.25, -0.2) is 4.79 Å². The van der Waals surface area contributed by atoms with Gasteiger partial charge in [-0.05, 0) is 37.1 Å². The van der Waals surface area contributed by atoms with Crippen LogP contribution in [0.3, 0.4) is 0 Å². The number of carbonyl (C=O) groups is 2. The van der Waals surface area contributed by atoms with Crippen molar-refractivity contribution < 1.29 is 14.7 Å². The average Bonchev–Trinajstić information content (AvgIpc) is 2.96. The summed E-state index contributed by atoms with van der Waals surface area (Å²) in [6.45, 7) is 4.70. The van der Waals surface area contributed by atoms with Gasteiger partial charge in [-0.3, -0.25) is 9.48 Å². The summed E-state index contributed by atoms with van der Waals surface area (Å²) in [7, 11) is 0. The number of aliphatic carboxylic acids is 1. The summed E-state index contributed by atoms with van der Waals surface area (Å²) in [6.07, 6.45) is -0.0291. The second kappa shape index (κ2) is 9.05. The Hall–Kier alpha value is -3.61. The molecule has 0 unspecified atom stereocenters. The Morgan fingerprint density at radius 2 is 1.69 bits per heavy atom. The summed E-state index contributed by atoms with van der Waals surface area (Å²) in [5.74, 6) is -0.864. The molecular weight excluding hydrogens is 368 g/mol. The minimum atomic E-state index is -0.864. The number of aryl methyl sites for hydroxylation is 1. The number of carbonyl (C=O) groups excluding carboxylic acids is 1. The Morgan fingerprint density at radius 1 is 1.00 bits per heavy atom. The van der Waals surface area contributed by atoms with Crippen molar-refractivity contribution in [1.29, 1.82) is 0 Å². The second-order valence-electron chi connectivity index (χ2n) is 6.87. The van der Waals surface area contributed by atoms with Gasteiger partial charge in [-0.15, -0.1) is 0 Å². The molecule has 0 fully saturated rings. The van der Waals surface area contributed by atoms with Crippen molar-refractivity contribution >= 4 is 17.7 Å². The lowest BCUT2D eigenvalue weighted by molar-refractivity contribution is -0.136. The normalized spacial score (nSPS) is 10.6. The molecule has 2 amide bonds. The van der Waals surface area contributed by atoms with Gasteiger partial charge >= 0.3 is 12.0 Å². The van der Waals surface area contributed by atoms with Crippen LogP contribution in [0.2, 0.25) is 0 Å². The molecule has 3 N–H and O–H groups in total. The van der Waals surface area contributed by atoms with E-state index in [0.29, 0.717) is 18.8 Å². The van der Waals surface area contributed by atoms with E-state index in [2.05, 4.69) is 15.7 Å². The van der Waals surface area contributed by atoms with Crippen molar-refractivity contribution in [2.24, 2.45) is 0 Å². The van der Waals surface area contributed by atoms with Crippen molar-refractivity contribution in [3.63, 3.8) is 0 Å². The van der Waals surface area contributed by atoms with Crippen LogP contribution in [-0.4, -0.2) is 26.9 Å². The van der Waals surface area contributed by atoms with Crippen LogP contribution in [0.1, 0.15) is 28.1 Å². The third-order valence-corrected chi connectivity index (χ3v) is 4.70. The zero-order valence-electron chi connectivity index (χ0n) is 16.5. The van der Waals surface area contributed by atoms with Crippen LogP contribution in [0.25, 0.3) is 0 Å². The molecule has 0 bridgehead atoms. The predicted molar refractivity (Wildman–Crippen MR) is 111 cm³/mol. The molecule has 7 nitrogen and oxygen atoms in total. The first-order valence-corrected chi connectivity index (χ1v) is 9.35. The Kier molecular flexibility index (Phi) is 6.29. The number of urea groups is 1.